The van der Waals surface area contributed by atoms with E-state index in [1.165, 1.54) is 5.56 Å². The minimum Gasteiger partial charge on any atom is -0.369 e. The lowest BCUT2D eigenvalue weighted by atomic mass is 10.2. The maximum absolute atomic E-state index is 9.07. The van der Waals surface area contributed by atoms with Gasteiger partial charge in [0, 0.05) is 12.3 Å². The van der Waals surface area contributed by atoms with Crippen LogP contribution in [0, 0.1) is 22.7 Å². The minimum absolute atomic E-state index is 0.104. The Bertz CT molecular complexity index is 679. The molecule has 1 aromatic heterocycles. The van der Waals surface area contributed by atoms with Crippen molar-refractivity contribution in [1.82, 2.24) is 9.55 Å². The molecule has 2 N–H and O–H groups in total. The third-order valence-corrected chi connectivity index (χ3v) is 4.11. The fraction of sp³-hybridized carbons (Fsp3) is 0.267. The molecule has 0 saturated heterocycles. The molecule has 0 unspecified atom stereocenters. The molecule has 0 fully saturated rings. The molecule has 2 aromatic rings. The highest BCUT2D eigenvalue weighted by atomic mass is 32.2. The lowest BCUT2D eigenvalue weighted by Gasteiger charge is -2.06. The molecule has 0 spiro atoms. The van der Waals surface area contributed by atoms with Gasteiger partial charge in [0.25, 0.3) is 0 Å². The van der Waals surface area contributed by atoms with Crippen LogP contribution in [0.1, 0.15) is 23.4 Å². The summed E-state index contributed by atoms with van der Waals surface area (Å²) >= 11 is 1.83. The van der Waals surface area contributed by atoms with Crippen LogP contribution in [0.15, 0.2) is 30.3 Å². The topological polar surface area (TPSA) is 91.4 Å². The summed E-state index contributed by atoms with van der Waals surface area (Å²) in [5, 5.41) is 18.0. The maximum Gasteiger partial charge on any atom is 0.202 e. The summed E-state index contributed by atoms with van der Waals surface area (Å²) in [6.45, 7) is 0.602. The van der Waals surface area contributed by atoms with Crippen molar-refractivity contribution in [3.8, 4) is 12.1 Å². The van der Waals surface area contributed by atoms with Gasteiger partial charge >= 0.3 is 0 Å². The monoisotopic (exact) mass is 297 g/mol. The number of nitrogens with zero attached hydrogens (tertiary/aromatic N) is 4. The zero-order valence-electron chi connectivity index (χ0n) is 11.5. The van der Waals surface area contributed by atoms with Crippen LogP contribution in [0.3, 0.4) is 0 Å². The van der Waals surface area contributed by atoms with Gasteiger partial charge in [-0.05, 0) is 17.7 Å². The van der Waals surface area contributed by atoms with Crippen molar-refractivity contribution in [1.29, 1.82) is 10.5 Å². The molecule has 1 aromatic carbocycles. The Labute approximate surface area is 128 Å². The number of hydrogen-bond acceptors (Lipinski definition) is 5. The minimum atomic E-state index is 0.104. The highest BCUT2D eigenvalue weighted by Crippen LogP contribution is 2.16. The number of aromatic nitrogens is 2. The van der Waals surface area contributed by atoms with E-state index in [-0.39, 0.29) is 17.3 Å². The number of imidazole rings is 1. The summed E-state index contributed by atoms with van der Waals surface area (Å²) in [6, 6.07) is 14.2. The fourth-order valence-corrected chi connectivity index (χ4v) is 2.88. The summed E-state index contributed by atoms with van der Waals surface area (Å²) in [4.78, 5) is 3.90. The van der Waals surface area contributed by atoms with Gasteiger partial charge in [0.2, 0.25) is 5.95 Å². The van der Waals surface area contributed by atoms with E-state index in [0.29, 0.717) is 6.54 Å². The lowest BCUT2D eigenvalue weighted by Crippen LogP contribution is -2.06. The Hall–Kier alpha value is -2.44. The number of thioether (sulfide) groups is 1. The van der Waals surface area contributed by atoms with Gasteiger partial charge in [-0.2, -0.15) is 22.3 Å². The number of nitrogens with two attached hydrogens (primary N) is 1. The van der Waals surface area contributed by atoms with Gasteiger partial charge in [0.1, 0.15) is 12.1 Å². The van der Waals surface area contributed by atoms with E-state index in [1.54, 1.807) is 4.57 Å². The lowest BCUT2D eigenvalue weighted by molar-refractivity contribution is 0.685. The number of hydrogen-bond donors (Lipinski definition) is 1. The second-order valence-electron chi connectivity index (χ2n) is 4.43. The molecule has 0 atom stereocenters. The molecule has 0 radical (unpaired) electrons. The van der Waals surface area contributed by atoms with Crippen LogP contribution in [-0.2, 0) is 12.3 Å². The predicted molar refractivity (Wildman–Crippen MR) is 83.3 cm³/mol. The fourth-order valence-electron chi connectivity index (χ4n) is 1.98. The first-order chi connectivity index (χ1) is 10.3. The van der Waals surface area contributed by atoms with Crippen LogP contribution in [0.4, 0.5) is 5.95 Å². The first kappa shape index (κ1) is 15.0. The van der Waals surface area contributed by atoms with E-state index >= 15 is 0 Å². The van der Waals surface area contributed by atoms with E-state index in [2.05, 4.69) is 17.1 Å². The molecule has 0 bridgehead atoms. The number of rotatable bonds is 6. The standard InChI is InChI=1S/C15H15N5S/c16-9-13-14(10-17)20(15(18)19-13)7-4-8-21-11-12-5-2-1-3-6-12/h1-3,5-6H,4,7-8,11H2,(H2,18,19). The Balaban J connectivity index is 1.83. The molecule has 0 aliphatic rings. The highest BCUT2D eigenvalue weighted by Gasteiger charge is 2.14. The van der Waals surface area contributed by atoms with Gasteiger partial charge in [-0.15, -0.1) is 0 Å². The number of benzene rings is 1. The third-order valence-electron chi connectivity index (χ3n) is 2.99. The summed E-state index contributed by atoms with van der Waals surface area (Å²) in [5.41, 5.74) is 7.40. The van der Waals surface area contributed by atoms with Crippen molar-refractivity contribution in [2.45, 2.75) is 18.7 Å². The van der Waals surface area contributed by atoms with Crippen molar-refractivity contribution in [3.63, 3.8) is 0 Å². The van der Waals surface area contributed by atoms with Crippen LogP contribution >= 0.6 is 11.8 Å². The predicted octanol–water partition coefficient (Wildman–Crippen LogP) is 2.53. The summed E-state index contributed by atoms with van der Waals surface area (Å²) < 4.78 is 1.61. The van der Waals surface area contributed by atoms with E-state index in [0.717, 1.165) is 17.9 Å². The van der Waals surface area contributed by atoms with Crippen molar-refractivity contribution in [3.05, 3.63) is 47.3 Å². The smallest absolute Gasteiger partial charge is 0.202 e. The van der Waals surface area contributed by atoms with Gasteiger partial charge in [-0.25, -0.2) is 4.98 Å². The van der Waals surface area contributed by atoms with Crippen LogP contribution in [-0.4, -0.2) is 15.3 Å². The van der Waals surface area contributed by atoms with Crippen LogP contribution in [0.5, 0.6) is 0 Å². The number of nitriles is 2. The maximum atomic E-state index is 9.07. The van der Waals surface area contributed by atoms with Gasteiger partial charge in [0.05, 0.1) is 0 Å². The van der Waals surface area contributed by atoms with Crippen molar-refractivity contribution in [2.75, 3.05) is 11.5 Å². The molecule has 2 rings (SSSR count). The van der Waals surface area contributed by atoms with Crippen molar-refractivity contribution in [2.24, 2.45) is 0 Å². The molecule has 0 aliphatic carbocycles. The molecular formula is C15H15N5S. The van der Waals surface area contributed by atoms with E-state index < -0.39 is 0 Å². The van der Waals surface area contributed by atoms with E-state index in [1.807, 2.05) is 42.1 Å². The molecule has 0 aliphatic heterocycles. The molecule has 106 valence electrons. The number of nitrogen functional groups attached to an aromatic ring is 1. The van der Waals surface area contributed by atoms with Crippen molar-refractivity contribution < 1.29 is 0 Å². The van der Waals surface area contributed by atoms with E-state index in [9.17, 15) is 0 Å². The van der Waals surface area contributed by atoms with Gasteiger partial charge in [-0.1, -0.05) is 30.3 Å². The zero-order valence-corrected chi connectivity index (χ0v) is 12.3. The Morgan fingerprint density at radius 3 is 2.62 bits per heavy atom. The highest BCUT2D eigenvalue weighted by molar-refractivity contribution is 7.98. The molecule has 6 heteroatoms. The molecule has 1 heterocycles. The van der Waals surface area contributed by atoms with Gasteiger partial charge < -0.3 is 10.3 Å². The average Bonchev–Trinajstić information content (AvgIpc) is 2.83. The SMILES string of the molecule is N#Cc1nc(N)n(CCCSCc2ccccc2)c1C#N. The Morgan fingerprint density at radius 1 is 1.19 bits per heavy atom. The van der Waals surface area contributed by atoms with Crippen LogP contribution < -0.4 is 5.73 Å². The average molecular weight is 297 g/mol. The van der Waals surface area contributed by atoms with E-state index in [4.69, 9.17) is 16.3 Å². The van der Waals surface area contributed by atoms with Gasteiger partial charge in [0.15, 0.2) is 11.4 Å². The summed E-state index contributed by atoms with van der Waals surface area (Å²) in [5.74, 6) is 2.16. The van der Waals surface area contributed by atoms with Crippen molar-refractivity contribution >= 4 is 17.7 Å². The Kier molecular flexibility index (Phi) is 5.25. The zero-order chi connectivity index (χ0) is 15.1. The largest absolute Gasteiger partial charge is 0.369 e. The molecule has 5 nitrogen and oxygen atoms in total. The second kappa shape index (κ2) is 7.37. The quantitative estimate of drug-likeness (QED) is 0.827. The van der Waals surface area contributed by atoms with Crippen LogP contribution in [0.2, 0.25) is 0 Å². The summed E-state index contributed by atoms with van der Waals surface area (Å²) in [7, 11) is 0. The summed E-state index contributed by atoms with van der Waals surface area (Å²) in [6.07, 6.45) is 0.873. The molecule has 21 heavy (non-hydrogen) atoms. The molecule has 0 saturated carbocycles. The van der Waals surface area contributed by atoms with Gasteiger partial charge in [-0.3, -0.25) is 0 Å². The number of anilines is 1. The first-order valence-corrected chi connectivity index (χ1v) is 7.69. The van der Waals surface area contributed by atoms with Crippen LogP contribution in [0.25, 0.3) is 0 Å². The second-order valence-corrected chi connectivity index (χ2v) is 5.54. The molecule has 0 amide bonds. The first-order valence-electron chi connectivity index (χ1n) is 6.54. The normalized spacial score (nSPS) is 10.0. The molecular weight excluding hydrogens is 282 g/mol. The third kappa shape index (κ3) is 3.77. The Morgan fingerprint density at radius 2 is 1.95 bits per heavy atom.